The number of aryl methyl sites for hydroxylation is 1. The molecular formula is C11H10ClNO. The smallest absolute Gasteiger partial charge is 0.141 e. The van der Waals surface area contributed by atoms with Crippen LogP contribution in [-0.4, -0.2) is 6.61 Å². The fourth-order valence-electron chi connectivity index (χ4n) is 1.67. The molecule has 0 saturated heterocycles. The molecule has 2 nitrogen and oxygen atoms in total. The van der Waals surface area contributed by atoms with Gasteiger partial charge >= 0.3 is 0 Å². The minimum absolute atomic E-state index is 0.538. The molecule has 1 aromatic carbocycles. The van der Waals surface area contributed by atoms with Gasteiger partial charge in [0.05, 0.1) is 17.7 Å². The minimum atomic E-state index is 0.538. The summed E-state index contributed by atoms with van der Waals surface area (Å²) >= 11 is 6.05. The molecule has 0 N–H and O–H groups in total. The van der Waals surface area contributed by atoms with E-state index >= 15 is 0 Å². The van der Waals surface area contributed by atoms with Crippen LogP contribution < -0.4 is 4.74 Å². The van der Waals surface area contributed by atoms with Gasteiger partial charge in [0.1, 0.15) is 5.75 Å². The lowest BCUT2D eigenvalue weighted by atomic mass is 10.1. The van der Waals surface area contributed by atoms with Crippen molar-refractivity contribution in [2.24, 2.45) is 0 Å². The third kappa shape index (κ3) is 1.69. The van der Waals surface area contributed by atoms with Crippen LogP contribution in [0.2, 0.25) is 5.02 Å². The normalized spacial score (nSPS) is 13.1. The van der Waals surface area contributed by atoms with Crippen molar-refractivity contribution in [1.29, 1.82) is 5.26 Å². The van der Waals surface area contributed by atoms with Crippen molar-refractivity contribution in [3.63, 3.8) is 0 Å². The van der Waals surface area contributed by atoms with Crippen molar-refractivity contribution in [3.05, 3.63) is 28.3 Å². The third-order valence-corrected chi connectivity index (χ3v) is 2.60. The Balaban J connectivity index is 2.28. The molecule has 1 aromatic rings. The molecule has 0 aromatic heterocycles. The standard InChI is InChI=1S/C11H10ClNO/c12-10-7-8(2-1-4-13)6-9-3-5-14-11(9)10/h6-7H,1-3,5H2. The molecule has 0 amide bonds. The molecule has 0 unspecified atom stereocenters. The summed E-state index contributed by atoms with van der Waals surface area (Å²) in [6.07, 6.45) is 2.23. The average Bonchev–Trinajstić information content (AvgIpc) is 2.63. The fourth-order valence-corrected chi connectivity index (χ4v) is 1.98. The van der Waals surface area contributed by atoms with Crippen LogP contribution in [0.3, 0.4) is 0 Å². The summed E-state index contributed by atoms with van der Waals surface area (Å²) in [6, 6.07) is 6.11. The quantitative estimate of drug-likeness (QED) is 0.747. The summed E-state index contributed by atoms with van der Waals surface area (Å²) in [5.41, 5.74) is 2.30. The van der Waals surface area contributed by atoms with E-state index in [1.165, 1.54) is 5.56 Å². The number of hydrogen-bond donors (Lipinski definition) is 0. The Morgan fingerprint density at radius 1 is 1.50 bits per heavy atom. The maximum atomic E-state index is 8.48. The van der Waals surface area contributed by atoms with Crippen molar-refractivity contribution in [2.75, 3.05) is 6.61 Å². The van der Waals surface area contributed by atoms with Crippen LogP contribution >= 0.6 is 11.6 Å². The Hall–Kier alpha value is -1.20. The predicted octanol–water partition coefficient (Wildman–Crippen LogP) is 2.73. The molecule has 0 spiro atoms. The van der Waals surface area contributed by atoms with Gasteiger partial charge in [0, 0.05) is 12.8 Å². The minimum Gasteiger partial charge on any atom is -0.491 e. The second-order valence-electron chi connectivity index (χ2n) is 3.32. The summed E-state index contributed by atoms with van der Waals surface area (Å²) < 4.78 is 5.39. The van der Waals surface area contributed by atoms with Gasteiger partial charge in [-0.3, -0.25) is 0 Å². The van der Waals surface area contributed by atoms with E-state index in [2.05, 4.69) is 12.1 Å². The number of ether oxygens (including phenoxy) is 1. The fraction of sp³-hybridized carbons (Fsp3) is 0.364. The number of nitrogens with zero attached hydrogens (tertiary/aromatic N) is 1. The highest BCUT2D eigenvalue weighted by molar-refractivity contribution is 6.32. The van der Waals surface area contributed by atoms with Crippen LogP contribution in [0.25, 0.3) is 0 Å². The zero-order chi connectivity index (χ0) is 9.97. The SMILES string of the molecule is N#CCCc1cc(Cl)c2c(c1)CCO2. The van der Waals surface area contributed by atoms with E-state index in [9.17, 15) is 0 Å². The Morgan fingerprint density at radius 3 is 3.14 bits per heavy atom. The highest BCUT2D eigenvalue weighted by Crippen LogP contribution is 2.34. The molecule has 72 valence electrons. The Bertz CT molecular complexity index is 395. The molecule has 3 heteroatoms. The maximum absolute atomic E-state index is 8.48. The predicted molar refractivity (Wildman–Crippen MR) is 54.6 cm³/mol. The first-order valence-electron chi connectivity index (χ1n) is 4.62. The molecule has 0 radical (unpaired) electrons. The molecule has 1 aliphatic heterocycles. The van der Waals surface area contributed by atoms with Gasteiger partial charge < -0.3 is 4.74 Å². The van der Waals surface area contributed by atoms with Crippen LogP contribution in [0.15, 0.2) is 12.1 Å². The average molecular weight is 208 g/mol. The summed E-state index contributed by atoms with van der Waals surface area (Å²) in [7, 11) is 0. The van der Waals surface area contributed by atoms with Gasteiger partial charge in [-0.1, -0.05) is 17.7 Å². The van der Waals surface area contributed by atoms with Crippen molar-refractivity contribution < 1.29 is 4.74 Å². The number of rotatable bonds is 2. The molecular weight excluding hydrogens is 198 g/mol. The lowest BCUT2D eigenvalue weighted by molar-refractivity contribution is 0.357. The maximum Gasteiger partial charge on any atom is 0.141 e. The lowest BCUT2D eigenvalue weighted by Gasteiger charge is -2.04. The third-order valence-electron chi connectivity index (χ3n) is 2.32. The van der Waals surface area contributed by atoms with Crippen molar-refractivity contribution in [3.8, 4) is 11.8 Å². The molecule has 14 heavy (non-hydrogen) atoms. The van der Waals surface area contributed by atoms with E-state index in [4.69, 9.17) is 21.6 Å². The largest absolute Gasteiger partial charge is 0.491 e. The zero-order valence-corrected chi connectivity index (χ0v) is 8.47. The van der Waals surface area contributed by atoms with Crippen LogP contribution in [-0.2, 0) is 12.8 Å². The van der Waals surface area contributed by atoms with Gasteiger partial charge in [-0.15, -0.1) is 0 Å². The Labute approximate surface area is 88.1 Å². The van der Waals surface area contributed by atoms with Crippen molar-refractivity contribution in [1.82, 2.24) is 0 Å². The number of benzene rings is 1. The van der Waals surface area contributed by atoms with Crippen LogP contribution in [0.1, 0.15) is 17.5 Å². The van der Waals surface area contributed by atoms with Crippen LogP contribution in [0.5, 0.6) is 5.75 Å². The number of fused-ring (bicyclic) bond motifs is 1. The highest BCUT2D eigenvalue weighted by atomic mass is 35.5. The number of halogens is 1. The van der Waals surface area contributed by atoms with Gasteiger partial charge in [-0.05, 0) is 23.6 Å². The second kappa shape index (κ2) is 3.89. The van der Waals surface area contributed by atoms with Gasteiger partial charge in [0.2, 0.25) is 0 Å². The highest BCUT2D eigenvalue weighted by Gasteiger charge is 2.16. The monoisotopic (exact) mass is 207 g/mol. The van der Waals surface area contributed by atoms with Gasteiger partial charge in [-0.25, -0.2) is 0 Å². The first kappa shape index (κ1) is 9.36. The lowest BCUT2D eigenvalue weighted by Crippen LogP contribution is -1.87. The van der Waals surface area contributed by atoms with Crippen molar-refractivity contribution >= 4 is 11.6 Å². The summed E-state index contributed by atoms with van der Waals surface area (Å²) in [5.74, 6) is 0.826. The van der Waals surface area contributed by atoms with E-state index < -0.39 is 0 Å². The Morgan fingerprint density at radius 2 is 2.36 bits per heavy atom. The van der Waals surface area contributed by atoms with Gasteiger partial charge in [-0.2, -0.15) is 5.26 Å². The van der Waals surface area contributed by atoms with Gasteiger partial charge in [0.25, 0.3) is 0 Å². The van der Waals surface area contributed by atoms with Crippen molar-refractivity contribution in [2.45, 2.75) is 19.3 Å². The van der Waals surface area contributed by atoms with E-state index in [0.717, 1.165) is 30.8 Å². The molecule has 1 aliphatic rings. The second-order valence-corrected chi connectivity index (χ2v) is 3.73. The number of nitriles is 1. The molecule has 1 heterocycles. The first-order chi connectivity index (χ1) is 6.81. The van der Waals surface area contributed by atoms with E-state index in [-0.39, 0.29) is 0 Å². The summed E-state index contributed by atoms with van der Waals surface area (Å²) in [6.45, 7) is 0.719. The number of hydrogen-bond acceptors (Lipinski definition) is 2. The molecule has 0 saturated carbocycles. The van der Waals surface area contributed by atoms with Crippen LogP contribution in [0.4, 0.5) is 0 Å². The van der Waals surface area contributed by atoms with Crippen LogP contribution in [0, 0.1) is 11.3 Å². The Kier molecular flexibility index (Phi) is 2.60. The molecule has 2 rings (SSSR count). The first-order valence-corrected chi connectivity index (χ1v) is 5.00. The van der Waals surface area contributed by atoms with E-state index in [0.29, 0.717) is 11.4 Å². The zero-order valence-electron chi connectivity index (χ0n) is 7.72. The molecule has 0 fully saturated rings. The molecule has 0 atom stereocenters. The summed E-state index contributed by atoms with van der Waals surface area (Å²) in [4.78, 5) is 0. The van der Waals surface area contributed by atoms with E-state index in [1.807, 2.05) is 6.07 Å². The molecule has 0 bridgehead atoms. The van der Waals surface area contributed by atoms with Gasteiger partial charge in [0.15, 0.2) is 0 Å². The topological polar surface area (TPSA) is 33.0 Å². The summed E-state index contributed by atoms with van der Waals surface area (Å²) in [5, 5.41) is 9.16. The van der Waals surface area contributed by atoms with E-state index in [1.54, 1.807) is 0 Å². The molecule has 0 aliphatic carbocycles.